The summed E-state index contributed by atoms with van der Waals surface area (Å²) in [6, 6.07) is 4.10. The molecule has 0 fully saturated rings. The lowest BCUT2D eigenvalue weighted by atomic mass is 10.2. The molecule has 0 aliphatic rings. The zero-order valence-electron chi connectivity index (χ0n) is 9.27. The van der Waals surface area contributed by atoms with Gasteiger partial charge in [0, 0.05) is 13.8 Å². The number of hydrogen-bond acceptors (Lipinski definition) is 5. The highest BCUT2D eigenvalue weighted by molar-refractivity contribution is 5.97. The second kappa shape index (κ2) is 5.11. The van der Waals surface area contributed by atoms with E-state index in [1.165, 1.54) is 25.1 Å². The number of carbonyl (C=O) groups excluding carboxylic acids is 3. The van der Waals surface area contributed by atoms with Crippen molar-refractivity contribution in [2.45, 2.75) is 13.8 Å². The minimum atomic E-state index is -1.03. The summed E-state index contributed by atoms with van der Waals surface area (Å²) in [5, 5.41) is 0. The van der Waals surface area contributed by atoms with Crippen LogP contribution in [-0.4, -0.2) is 17.8 Å². The molecule has 0 saturated heterocycles. The molecule has 1 amide bonds. The second-order valence-electron chi connectivity index (χ2n) is 3.15. The molecule has 0 saturated carbocycles. The number of hydrogen-bond donors (Lipinski definition) is 0. The van der Waals surface area contributed by atoms with Gasteiger partial charge in [-0.05, 0) is 12.1 Å². The fraction of sp³-hybridized carbons (Fsp3) is 0.182. The predicted molar refractivity (Wildman–Crippen MR) is 56.5 cm³/mol. The van der Waals surface area contributed by atoms with Crippen LogP contribution in [0.5, 0.6) is 11.5 Å². The van der Waals surface area contributed by atoms with Gasteiger partial charge in [-0.15, -0.1) is 0 Å². The first kappa shape index (κ1) is 12.7. The van der Waals surface area contributed by atoms with Gasteiger partial charge in [-0.1, -0.05) is 6.07 Å². The minimum Gasteiger partial charge on any atom is -0.423 e. The standard InChI is InChI=1S/C11H10NO5/c1-6(13)16-9-5-3-4-8(11(12)15)10(9)17-7(2)14/h3-5,12H,1-2H3. The Bertz CT molecular complexity index is 481. The molecule has 0 unspecified atom stereocenters. The SMILES string of the molecule is CC(=O)Oc1cccc(C([NH])=O)c1OC(C)=O. The summed E-state index contributed by atoms with van der Waals surface area (Å²) in [7, 11) is 0. The van der Waals surface area contributed by atoms with E-state index in [0.717, 1.165) is 6.92 Å². The van der Waals surface area contributed by atoms with Crippen LogP contribution < -0.4 is 15.2 Å². The molecule has 6 heteroatoms. The first-order valence-corrected chi connectivity index (χ1v) is 4.67. The van der Waals surface area contributed by atoms with Crippen LogP contribution in [0.25, 0.3) is 0 Å². The largest absolute Gasteiger partial charge is 0.423 e. The Morgan fingerprint density at radius 2 is 1.65 bits per heavy atom. The van der Waals surface area contributed by atoms with E-state index in [9.17, 15) is 14.4 Å². The number of benzene rings is 1. The third-order valence-electron chi connectivity index (χ3n) is 1.72. The molecule has 1 rings (SSSR count). The smallest absolute Gasteiger partial charge is 0.308 e. The van der Waals surface area contributed by atoms with Crippen LogP contribution >= 0.6 is 0 Å². The summed E-state index contributed by atoms with van der Waals surface area (Å²) < 4.78 is 9.57. The molecule has 6 nitrogen and oxygen atoms in total. The number of para-hydroxylation sites is 1. The molecule has 0 spiro atoms. The molecule has 1 radical (unpaired) electrons. The van der Waals surface area contributed by atoms with Crippen LogP contribution in [0.2, 0.25) is 0 Å². The van der Waals surface area contributed by atoms with Crippen molar-refractivity contribution in [1.29, 1.82) is 0 Å². The maximum Gasteiger partial charge on any atom is 0.308 e. The van der Waals surface area contributed by atoms with Crippen molar-refractivity contribution >= 4 is 17.8 Å². The van der Waals surface area contributed by atoms with Gasteiger partial charge in [-0.2, -0.15) is 0 Å². The summed E-state index contributed by atoms with van der Waals surface area (Å²) in [4.78, 5) is 32.7. The molecule has 0 bridgehead atoms. The molecule has 89 valence electrons. The molecule has 17 heavy (non-hydrogen) atoms. The van der Waals surface area contributed by atoms with E-state index in [0.29, 0.717) is 0 Å². The van der Waals surface area contributed by atoms with Gasteiger partial charge >= 0.3 is 11.9 Å². The molecular formula is C11H10NO5. The van der Waals surface area contributed by atoms with E-state index in [-0.39, 0.29) is 17.1 Å². The quantitative estimate of drug-likeness (QED) is 0.575. The molecule has 0 atom stereocenters. The van der Waals surface area contributed by atoms with Gasteiger partial charge in [0.1, 0.15) is 0 Å². The highest BCUT2D eigenvalue weighted by Crippen LogP contribution is 2.31. The first-order chi connectivity index (χ1) is 7.91. The Morgan fingerprint density at radius 3 is 2.12 bits per heavy atom. The maximum atomic E-state index is 11.0. The fourth-order valence-corrected chi connectivity index (χ4v) is 1.18. The highest BCUT2D eigenvalue weighted by atomic mass is 16.6. The van der Waals surface area contributed by atoms with Crippen molar-refractivity contribution in [3.8, 4) is 11.5 Å². The van der Waals surface area contributed by atoms with E-state index >= 15 is 0 Å². The Labute approximate surface area is 97.3 Å². The summed E-state index contributed by atoms with van der Waals surface area (Å²) in [5.74, 6) is -2.60. The second-order valence-corrected chi connectivity index (χ2v) is 3.15. The normalized spacial score (nSPS) is 9.53. The van der Waals surface area contributed by atoms with Crippen LogP contribution in [0.15, 0.2) is 18.2 Å². The molecule has 0 aromatic heterocycles. The van der Waals surface area contributed by atoms with Crippen LogP contribution in [-0.2, 0) is 9.59 Å². The monoisotopic (exact) mass is 236 g/mol. The van der Waals surface area contributed by atoms with Gasteiger partial charge in [0.05, 0.1) is 5.56 Å². The minimum absolute atomic E-state index is 0.0641. The lowest BCUT2D eigenvalue weighted by molar-refractivity contribution is -0.134. The fourth-order valence-electron chi connectivity index (χ4n) is 1.18. The lowest BCUT2D eigenvalue weighted by Crippen LogP contribution is -2.11. The lowest BCUT2D eigenvalue weighted by Gasteiger charge is -2.10. The van der Waals surface area contributed by atoms with Crippen LogP contribution in [0.1, 0.15) is 24.2 Å². The Hall–Kier alpha value is -2.37. The number of esters is 2. The van der Waals surface area contributed by atoms with Crippen LogP contribution in [0.3, 0.4) is 0 Å². The van der Waals surface area contributed by atoms with Crippen LogP contribution in [0, 0.1) is 0 Å². The Kier molecular flexibility index (Phi) is 3.82. The van der Waals surface area contributed by atoms with E-state index in [1.54, 1.807) is 0 Å². The number of nitrogens with one attached hydrogen (secondary N) is 1. The summed E-state index contributed by atoms with van der Waals surface area (Å²) in [5.41, 5.74) is 6.87. The summed E-state index contributed by atoms with van der Waals surface area (Å²) in [6.45, 7) is 2.31. The third-order valence-corrected chi connectivity index (χ3v) is 1.72. The number of carbonyl (C=O) groups is 3. The zero-order valence-corrected chi connectivity index (χ0v) is 9.27. The van der Waals surface area contributed by atoms with E-state index in [1.807, 2.05) is 0 Å². The predicted octanol–water partition coefficient (Wildman–Crippen LogP) is 0.960. The van der Waals surface area contributed by atoms with Crippen molar-refractivity contribution in [3.05, 3.63) is 23.8 Å². The van der Waals surface area contributed by atoms with Crippen LogP contribution in [0.4, 0.5) is 0 Å². The highest BCUT2D eigenvalue weighted by Gasteiger charge is 2.18. The molecule has 0 heterocycles. The Morgan fingerprint density at radius 1 is 1.06 bits per heavy atom. The van der Waals surface area contributed by atoms with Gasteiger partial charge in [0.25, 0.3) is 5.91 Å². The van der Waals surface area contributed by atoms with Crippen molar-refractivity contribution < 1.29 is 23.9 Å². The molecule has 0 aliphatic heterocycles. The van der Waals surface area contributed by atoms with Crippen molar-refractivity contribution in [2.24, 2.45) is 0 Å². The van der Waals surface area contributed by atoms with Gasteiger partial charge in [0.15, 0.2) is 11.5 Å². The molecular weight excluding hydrogens is 226 g/mol. The average molecular weight is 236 g/mol. The van der Waals surface area contributed by atoms with Crippen molar-refractivity contribution in [3.63, 3.8) is 0 Å². The van der Waals surface area contributed by atoms with Crippen molar-refractivity contribution in [2.75, 3.05) is 0 Å². The summed E-state index contributed by atoms with van der Waals surface area (Å²) >= 11 is 0. The third kappa shape index (κ3) is 3.30. The number of rotatable bonds is 3. The topological polar surface area (TPSA) is 93.5 Å². The molecule has 1 N–H and O–H groups in total. The number of ether oxygens (including phenoxy) is 2. The molecule has 0 aliphatic carbocycles. The van der Waals surface area contributed by atoms with Crippen molar-refractivity contribution in [1.82, 2.24) is 5.73 Å². The Balaban J connectivity index is 3.28. The zero-order chi connectivity index (χ0) is 13.0. The summed E-state index contributed by atoms with van der Waals surface area (Å²) in [6.07, 6.45) is 0. The van der Waals surface area contributed by atoms with E-state index in [4.69, 9.17) is 15.2 Å². The molecule has 1 aromatic carbocycles. The van der Waals surface area contributed by atoms with Gasteiger partial charge in [-0.3, -0.25) is 20.1 Å². The van der Waals surface area contributed by atoms with E-state index < -0.39 is 17.8 Å². The number of amides is 1. The first-order valence-electron chi connectivity index (χ1n) is 4.67. The average Bonchev–Trinajstić information content (AvgIpc) is 2.18. The van der Waals surface area contributed by atoms with Gasteiger partial charge in [0.2, 0.25) is 0 Å². The molecule has 1 aromatic rings. The van der Waals surface area contributed by atoms with E-state index in [2.05, 4.69) is 0 Å². The van der Waals surface area contributed by atoms with Gasteiger partial charge < -0.3 is 9.47 Å². The van der Waals surface area contributed by atoms with Gasteiger partial charge in [-0.25, -0.2) is 0 Å². The maximum absolute atomic E-state index is 11.0.